The number of carbonyl (C=O) groups excluding carboxylic acids is 1. The average Bonchev–Trinajstić information content (AvgIpc) is 2.22. The van der Waals surface area contributed by atoms with E-state index in [0.29, 0.717) is 11.4 Å². The molecule has 0 fully saturated rings. The third-order valence-corrected chi connectivity index (χ3v) is 2.72. The highest BCUT2D eigenvalue weighted by molar-refractivity contribution is 9.09. The summed E-state index contributed by atoms with van der Waals surface area (Å²) in [5.74, 6) is 0.122. The summed E-state index contributed by atoms with van der Waals surface area (Å²) in [6.45, 7) is 0.729. The molecule has 2 nitrogen and oxygen atoms in total. The highest BCUT2D eigenvalue weighted by Gasteiger charge is 2.08. The van der Waals surface area contributed by atoms with Crippen LogP contribution in [0.3, 0.4) is 0 Å². The van der Waals surface area contributed by atoms with Gasteiger partial charge in [-0.2, -0.15) is 0 Å². The maximum absolute atomic E-state index is 11.7. The molecule has 0 bridgehead atoms. The Bertz CT molecular complexity index is 326. The molecule has 0 heterocycles. The molecule has 0 saturated heterocycles. The first-order chi connectivity index (χ1) is 7.13. The number of halogens is 2. The minimum absolute atomic E-state index is 0.122. The molecule has 1 aromatic carbocycles. The second kappa shape index (κ2) is 6.13. The topological polar surface area (TPSA) is 20.3 Å². The lowest BCUT2D eigenvalue weighted by Gasteiger charge is -2.15. The Balaban J connectivity index is 2.54. The number of alkyl halides is 1. The van der Waals surface area contributed by atoms with Crippen LogP contribution in [0.5, 0.6) is 0 Å². The Morgan fingerprint density at radius 1 is 1.40 bits per heavy atom. The van der Waals surface area contributed by atoms with Crippen LogP contribution in [0.2, 0.25) is 5.02 Å². The van der Waals surface area contributed by atoms with Crippen molar-refractivity contribution in [2.45, 2.75) is 6.42 Å². The molecule has 0 radical (unpaired) electrons. The van der Waals surface area contributed by atoms with Crippen LogP contribution in [0.25, 0.3) is 0 Å². The van der Waals surface area contributed by atoms with E-state index in [2.05, 4.69) is 15.9 Å². The number of nitrogens with zero attached hydrogens (tertiary/aromatic N) is 1. The van der Waals surface area contributed by atoms with E-state index in [1.807, 2.05) is 12.1 Å². The van der Waals surface area contributed by atoms with Crippen molar-refractivity contribution in [3.63, 3.8) is 0 Å². The fourth-order valence-corrected chi connectivity index (χ4v) is 1.82. The standard InChI is InChI=1S/C11H13BrClNO/c1-14(7-6-12)11(15)8-9-2-4-10(13)5-3-9/h2-5H,6-8H2,1H3. The van der Waals surface area contributed by atoms with Crippen molar-refractivity contribution in [3.8, 4) is 0 Å². The van der Waals surface area contributed by atoms with Gasteiger partial charge in [0.1, 0.15) is 0 Å². The summed E-state index contributed by atoms with van der Waals surface area (Å²) in [4.78, 5) is 13.4. The summed E-state index contributed by atoms with van der Waals surface area (Å²) in [5.41, 5.74) is 0.992. The Labute approximate surface area is 103 Å². The van der Waals surface area contributed by atoms with Gasteiger partial charge in [-0.3, -0.25) is 4.79 Å². The Hall–Kier alpha value is -0.540. The number of amides is 1. The predicted octanol–water partition coefficient (Wildman–Crippen LogP) is 2.74. The van der Waals surface area contributed by atoms with Gasteiger partial charge in [-0.05, 0) is 17.7 Å². The van der Waals surface area contributed by atoms with Crippen LogP contribution in [0.15, 0.2) is 24.3 Å². The minimum atomic E-state index is 0.122. The van der Waals surface area contributed by atoms with E-state index in [4.69, 9.17) is 11.6 Å². The molecule has 1 amide bonds. The molecule has 15 heavy (non-hydrogen) atoms. The first-order valence-corrected chi connectivity index (χ1v) is 6.18. The minimum Gasteiger partial charge on any atom is -0.345 e. The highest BCUT2D eigenvalue weighted by atomic mass is 79.9. The maximum Gasteiger partial charge on any atom is 0.226 e. The van der Waals surface area contributed by atoms with Gasteiger partial charge in [-0.15, -0.1) is 0 Å². The van der Waals surface area contributed by atoms with Crippen LogP contribution in [-0.4, -0.2) is 29.7 Å². The zero-order chi connectivity index (χ0) is 11.3. The number of likely N-dealkylation sites (N-methyl/N-ethyl adjacent to an activating group) is 1. The molecule has 82 valence electrons. The number of carbonyl (C=O) groups is 1. The van der Waals surface area contributed by atoms with Crippen molar-refractivity contribution in [1.29, 1.82) is 0 Å². The third-order valence-electron chi connectivity index (χ3n) is 2.11. The molecule has 0 atom stereocenters. The quantitative estimate of drug-likeness (QED) is 0.781. The van der Waals surface area contributed by atoms with Gasteiger partial charge >= 0.3 is 0 Å². The molecule has 0 unspecified atom stereocenters. The molecule has 1 rings (SSSR count). The summed E-state index contributed by atoms with van der Waals surface area (Å²) in [6, 6.07) is 7.35. The molecular weight excluding hydrogens is 277 g/mol. The predicted molar refractivity (Wildman–Crippen MR) is 66.6 cm³/mol. The van der Waals surface area contributed by atoms with Crippen molar-refractivity contribution < 1.29 is 4.79 Å². The fraction of sp³-hybridized carbons (Fsp3) is 0.364. The largest absolute Gasteiger partial charge is 0.345 e. The van der Waals surface area contributed by atoms with Crippen LogP contribution < -0.4 is 0 Å². The molecule has 0 aliphatic rings. The average molecular weight is 291 g/mol. The van der Waals surface area contributed by atoms with E-state index in [1.165, 1.54) is 0 Å². The van der Waals surface area contributed by atoms with Gasteiger partial charge in [-0.25, -0.2) is 0 Å². The Morgan fingerprint density at radius 3 is 2.53 bits per heavy atom. The van der Waals surface area contributed by atoms with Gasteiger partial charge in [0.15, 0.2) is 0 Å². The fourth-order valence-electron chi connectivity index (χ4n) is 1.16. The highest BCUT2D eigenvalue weighted by Crippen LogP contribution is 2.10. The number of rotatable bonds is 4. The maximum atomic E-state index is 11.7. The molecule has 1 aromatic rings. The monoisotopic (exact) mass is 289 g/mol. The van der Waals surface area contributed by atoms with Crippen LogP contribution >= 0.6 is 27.5 Å². The Kier molecular flexibility index (Phi) is 5.12. The van der Waals surface area contributed by atoms with Gasteiger partial charge in [0.2, 0.25) is 5.91 Å². The lowest BCUT2D eigenvalue weighted by molar-refractivity contribution is -0.128. The number of benzene rings is 1. The van der Waals surface area contributed by atoms with Gasteiger partial charge < -0.3 is 4.90 Å². The van der Waals surface area contributed by atoms with Gasteiger partial charge in [0.05, 0.1) is 6.42 Å². The van der Waals surface area contributed by atoms with Gasteiger partial charge in [0.25, 0.3) is 0 Å². The van der Waals surface area contributed by atoms with Crippen LogP contribution in [0.1, 0.15) is 5.56 Å². The van der Waals surface area contributed by atoms with Crippen molar-refractivity contribution in [1.82, 2.24) is 4.90 Å². The third kappa shape index (κ3) is 4.22. The number of hydrogen-bond acceptors (Lipinski definition) is 1. The summed E-state index contributed by atoms with van der Waals surface area (Å²) in [6.07, 6.45) is 0.431. The summed E-state index contributed by atoms with van der Waals surface area (Å²) < 4.78 is 0. The summed E-state index contributed by atoms with van der Waals surface area (Å²) >= 11 is 9.06. The molecule has 0 N–H and O–H groups in total. The van der Waals surface area contributed by atoms with Crippen molar-refractivity contribution in [2.75, 3.05) is 18.9 Å². The van der Waals surface area contributed by atoms with Gasteiger partial charge in [0, 0.05) is 23.9 Å². The van der Waals surface area contributed by atoms with E-state index in [9.17, 15) is 4.79 Å². The van der Waals surface area contributed by atoms with Gasteiger partial charge in [-0.1, -0.05) is 39.7 Å². The Morgan fingerprint density at radius 2 is 2.00 bits per heavy atom. The molecule has 0 spiro atoms. The van der Waals surface area contributed by atoms with Crippen molar-refractivity contribution in [3.05, 3.63) is 34.9 Å². The van der Waals surface area contributed by atoms with E-state index in [-0.39, 0.29) is 5.91 Å². The van der Waals surface area contributed by atoms with E-state index < -0.39 is 0 Å². The van der Waals surface area contributed by atoms with E-state index in [0.717, 1.165) is 17.4 Å². The molecule has 0 aliphatic carbocycles. The molecule has 0 saturated carbocycles. The van der Waals surface area contributed by atoms with Crippen LogP contribution in [-0.2, 0) is 11.2 Å². The lowest BCUT2D eigenvalue weighted by atomic mass is 10.1. The zero-order valence-corrected chi connectivity index (χ0v) is 10.9. The van der Waals surface area contributed by atoms with Crippen LogP contribution in [0.4, 0.5) is 0 Å². The normalized spacial score (nSPS) is 10.1. The first kappa shape index (κ1) is 12.5. The summed E-state index contributed by atoms with van der Waals surface area (Å²) in [7, 11) is 1.81. The second-order valence-corrected chi connectivity index (χ2v) is 4.54. The molecule has 4 heteroatoms. The first-order valence-electron chi connectivity index (χ1n) is 4.68. The molecule has 0 aliphatic heterocycles. The number of hydrogen-bond donors (Lipinski definition) is 0. The summed E-state index contributed by atoms with van der Waals surface area (Å²) in [5, 5.41) is 1.50. The lowest BCUT2D eigenvalue weighted by Crippen LogP contribution is -2.29. The van der Waals surface area contributed by atoms with E-state index in [1.54, 1.807) is 24.1 Å². The smallest absolute Gasteiger partial charge is 0.226 e. The van der Waals surface area contributed by atoms with E-state index >= 15 is 0 Å². The SMILES string of the molecule is CN(CCBr)C(=O)Cc1ccc(Cl)cc1. The van der Waals surface area contributed by atoms with Crippen LogP contribution in [0, 0.1) is 0 Å². The zero-order valence-electron chi connectivity index (χ0n) is 8.54. The molecular formula is C11H13BrClNO. The van der Waals surface area contributed by atoms with Crippen molar-refractivity contribution in [2.24, 2.45) is 0 Å². The second-order valence-electron chi connectivity index (χ2n) is 3.31. The molecule has 0 aromatic heterocycles. The van der Waals surface area contributed by atoms with Crippen molar-refractivity contribution >= 4 is 33.4 Å².